The quantitative estimate of drug-likeness (QED) is 0.394. The molecule has 7 nitrogen and oxygen atoms in total. The lowest BCUT2D eigenvalue weighted by Gasteiger charge is -2.15. The van der Waals surface area contributed by atoms with Gasteiger partial charge < -0.3 is 25.8 Å². The number of aryl methyl sites for hydroxylation is 1. The van der Waals surface area contributed by atoms with Gasteiger partial charge in [-0.2, -0.15) is 0 Å². The van der Waals surface area contributed by atoms with E-state index in [-0.39, 0.29) is 0 Å². The first-order chi connectivity index (χ1) is 16.1. The number of nitrogens with one attached hydrogen (secondary N) is 2. The van der Waals surface area contributed by atoms with Gasteiger partial charge in [-0.05, 0) is 47.9 Å². The van der Waals surface area contributed by atoms with Crippen molar-refractivity contribution in [2.45, 2.75) is 26.4 Å². The molecule has 0 aromatic heterocycles. The molecule has 0 radical (unpaired) electrons. The number of fused-ring (bicyclic) bond motifs is 1. The van der Waals surface area contributed by atoms with Crippen molar-refractivity contribution in [3.63, 3.8) is 0 Å². The van der Waals surface area contributed by atoms with E-state index in [0.29, 0.717) is 43.6 Å². The zero-order chi connectivity index (χ0) is 23.0. The van der Waals surface area contributed by atoms with Gasteiger partial charge in [0.1, 0.15) is 0 Å². The van der Waals surface area contributed by atoms with Crippen molar-refractivity contribution in [1.29, 1.82) is 0 Å². The van der Waals surface area contributed by atoms with Crippen LogP contribution in [0.4, 0.5) is 5.69 Å². The number of rotatable bonds is 6. The van der Waals surface area contributed by atoms with Crippen molar-refractivity contribution in [3.05, 3.63) is 89.0 Å². The Morgan fingerprint density at radius 1 is 1.00 bits per heavy atom. The predicted octanol–water partition coefficient (Wildman–Crippen LogP) is 4.01. The van der Waals surface area contributed by atoms with Gasteiger partial charge in [-0.1, -0.05) is 36.4 Å². The summed E-state index contributed by atoms with van der Waals surface area (Å²) in [5, 5.41) is 6.76. The zero-order valence-corrected chi connectivity index (χ0v) is 18.6. The maximum atomic E-state index is 11.5. The molecule has 1 aliphatic rings. The highest BCUT2D eigenvalue weighted by Gasteiger charge is 2.12. The van der Waals surface area contributed by atoms with Crippen molar-refractivity contribution in [2.75, 3.05) is 18.5 Å². The monoisotopic (exact) mass is 444 g/mol. The number of carbonyl (C=O) groups is 1. The molecule has 0 bridgehead atoms. The van der Waals surface area contributed by atoms with Crippen LogP contribution in [0.25, 0.3) is 0 Å². The number of aliphatic imine (C=N–C) groups is 1. The third kappa shape index (κ3) is 6.04. The number of amides is 1. The molecule has 1 aliphatic heterocycles. The average molecular weight is 445 g/mol. The van der Waals surface area contributed by atoms with Gasteiger partial charge in [-0.3, -0.25) is 4.79 Å². The van der Waals surface area contributed by atoms with Crippen molar-refractivity contribution < 1.29 is 14.3 Å². The van der Waals surface area contributed by atoms with Crippen molar-refractivity contribution in [3.8, 4) is 11.5 Å². The number of hydrogen-bond donors (Lipinski definition) is 3. The van der Waals surface area contributed by atoms with Crippen LogP contribution in [0, 0.1) is 6.92 Å². The maximum absolute atomic E-state index is 11.5. The van der Waals surface area contributed by atoms with E-state index in [1.165, 1.54) is 11.1 Å². The Morgan fingerprint density at radius 3 is 2.64 bits per heavy atom. The molecule has 0 aliphatic carbocycles. The van der Waals surface area contributed by atoms with Crippen molar-refractivity contribution in [1.82, 2.24) is 5.32 Å². The van der Waals surface area contributed by atoms with Crippen molar-refractivity contribution >= 4 is 17.6 Å². The number of nitrogens with two attached hydrogens (primary N) is 1. The molecule has 7 heteroatoms. The number of primary amides is 1. The summed E-state index contributed by atoms with van der Waals surface area (Å²) in [5.41, 5.74) is 9.99. The Labute approximate surface area is 193 Å². The molecule has 3 aromatic rings. The highest BCUT2D eigenvalue weighted by molar-refractivity contribution is 5.94. The second-order valence-corrected chi connectivity index (χ2v) is 7.85. The van der Waals surface area contributed by atoms with Gasteiger partial charge in [0.15, 0.2) is 17.5 Å². The highest BCUT2D eigenvalue weighted by atomic mass is 16.5. The standard InChI is InChI=1S/C26H28N4O3/c1-18-6-2-3-8-21(18)17-29-26(28-16-19-7-4-9-20(14-19)25(27)31)30-22-10-11-23-24(15-22)33-13-5-12-32-23/h2-4,6-11,14-15H,5,12-13,16-17H2,1H3,(H2,27,31)(H2,28,29,30). The Balaban J connectivity index is 1.55. The average Bonchev–Trinajstić information content (AvgIpc) is 3.07. The SMILES string of the molecule is Cc1ccccc1CNC(=NCc1cccc(C(N)=O)c1)Nc1ccc2c(c1)OCCCO2. The highest BCUT2D eigenvalue weighted by Crippen LogP contribution is 2.32. The second kappa shape index (κ2) is 10.5. The first-order valence-corrected chi connectivity index (χ1v) is 11.0. The third-order valence-electron chi connectivity index (χ3n) is 5.35. The minimum atomic E-state index is -0.455. The van der Waals surface area contributed by atoms with E-state index in [4.69, 9.17) is 20.2 Å². The van der Waals surface area contributed by atoms with Crippen LogP contribution in [0.1, 0.15) is 33.5 Å². The first-order valence-electron chi connectivity index (χ1n) is 11.0. The summed E-state index contributed by atoms with van der Waals surface area (Å²) in [6, 6.07) is 21.2. The van der Waals surface area contributed by atoms with Gasteiger partial charge in [-0.25, -0.2) is 4.99 Å². The Bertz CT molecular complexity index is 1160. The number of anilines is 1. The molecule has 170 valence electrons. The fourth-order valence-electron chi connectivity index (χ4n) is 3.50. The number of carbonyl (C=O) groups excluding carboxylic acids is 1. The van der Waals surface area contributed by atoms with Gasteiger partial charge in [0.25, 0.3) is 0 Å². The van der Waals surface area contributed by atoms with E-state index in [1.54, 1.807) is 12.1 Å². The summed E-state index contributed by atoms with van der Waals surface area (Å²) in [6.07, 6.45) is 0.854. The van der Waals surface area contributed by atoms with E-state index in [2.05, 4.69) is 29.7 Å². The summed E-state index contributed by atoms with van der Waals surface area (Å²) < 4.78 is 11.5. The molecular weight excluding hydrogens is 416 g/mol. The van der Waals surface area contributed by atoms with Crippen LogP contribution in [0.3, 0.4) is 0 Å². The lowest BCUT2D eigenvalue weighted by atomic mass is 10.1. The van der Waals surface area contributed by atoms with E-state index < -0.39 is 5.91 Å². The van der Waals surface area contributed by atoms with Gasteiger partial charge in [0.05, 0.1) is 19.8 Å². The molecule has 0 saturated carbocycles. The van der Waals surface area contributed by atoms with Gasteiger partial charge in [0.2, 0.25) is 5.91 Å². The largest absolute Gasteiger partial charge is 0.490 e. The number of benzene rings is 3. The van der Waals surface area contributed by atoms with Gasteiger partial charge >= 0.3 is 0 Å². The predicted molar refractivity (Wildman–Crippen MR) is 130 cm³/mol. The smallest absolute Gasteiger partial charge is 0.248 e. The molecule has 1 amide bonds. The molecule has 3 aromatic carbocycles. The van der Waals surface area contributed by atoms with Gasteiger partial charge in [0, 0.05) is 30.3 Å². The van der Waals surface area contributed by atoms with Gasteiger partial charge in [-0.15, -0.1) is 0 Å². The Morgan fingerprint density at radius 2 is 1.82 bits per heavy atom. The Hall–Kier alpha value is -4.00. The summed E-state index contributed by atoms with van der Waals surface area (Å²) in [7, 11) is 0. The van der Waals surface area contributed by atoms with Crippen LogP contribution in [0.5, 0.6) is 11.5 Å². The first kappa shape index (κ1) is 22.2. The molecule has 4 N–H and O–H groups in total. The number of guanidine groups is 1. The van der Waals surface area contributed by atoms with Crippen LogP contribution in [0.15, 0.2) is 71.7 Å². The summed E-state index contributed by atoms with van der Waals surface area (Å²) in [4.78, 5) is 16.2. The molecule has 0 saturated heterocycles. The normalized spacial score (nSPS) is 13.2. The van der Waals surface area contributed by atoms with Crippen LogP contribution >= 0.6 is 0 Å². The summed E-state index contributed by atoms with van der Waals surface area (Å²) in [6.45, 7) is 4.35. The minimum Gasteiger partial charge on any atom is -0.490 e. The Kier molecular flexibility index (Phi) is 7.09. The van der Waals surface area contributed by atoms with E-state index >= 15 is 0 Å². The van der Waals surface area contributed by atoms with Crippen LogP contribution in [-0.4, -0.2) is 25.1 Å². The maximum Gasteiger partial charge on any atom is 0.248 e. The molecule has 33 heavy (non-hydrogen) atoms. The summed E-state index contributed by atoms with van der Waals surface area (Å²) >= 11 is 0. The molecule has 0 spiro atoms. The number of hydrogen-bond acceptors (Lipinski definition) is 4. The minimum absolute atomic E-state index is 0.384. The van der Waals surface area contributed by atoms with E-state index in [1.807, 2.05) is 42.5 Å². The second-order valence-electron chi connectivity index (χ2n) is 7.85. The lowest BCUT2D eigenvalue weighted by Crippen LogP contribution is -2.30. The van der Waals surface area contributed by atoms with Crippen molar-refractivity contribution in [2.24, 2.45) is 10.7 Å². The molecule has 0 unspecified atom stereocenters. The molecular formula is C26H28N4O3. The molecule has 4 rings (SSSR count). The lowest BCUT2D eigenvalue weighted by molar-refractivity contribution is 0.1000. The van der Waals surface area contributed by atoms with E-state index in [9.17, 15) is 4.79 Å². The fraction of sp³-hybridized carbons (Fsp3) is 0.231. The third-order valence-corrected chi connectivity index (χ3v) is 5.35. The zero-order valence-electron chi connectivity index (χ0n) is 18.6. The molecule has 1 heterocycles. The van der Waals surface area contributed by atoms with Crippen LogP contribution in [-0.2, 0) is 13.1 Å². The number of ether oxygens (including phenoxy) is 2. The topological polar surface area (TPSA) is 98.0 Å². The van der Waals surface area contributed by atoms with Crippen LogP contribution in [0.2, 0.25) is 0 Å². The van der Waals surface area contributed by atoms with E-state index in [0.717, 1.165) is 23.4 Å². The number of nitrogens with zero attached hydrogens (tertiary/aromatic N) is 1. The molecule has 0 fully saturated rings. The fourth-order valence-corrected chi connectivity index (χ4v) is 3.50. The summed E-state index contributed by atoms with van der Waals surface area (Å²) in [5.74, 6) is 1.61. The molecule has 0 atom stereocenters. The van der Waals surface area contributed by atoms with Crippen LogP contribution < -0.4 is 25.8 Å².